The summed E-state index contributed by atoms with van der Waals surface area (Å²) in [5.41, 5.74) is 2.70. The Bertz CT molecular complexity index is 1160. The summed E-state index contributed by atoms with van der Waals surface area (Å²) in [6, 6.07) is 15.5. The molecule has 1 N–H and O–H groups in total. The van der Waals surface area contributed by atoms with Crippen molar-refractivity contribution in [3.05, 3.63) is 70.9 Å². The zero-order valence-corrected chi connectivity index (χ0v) is 18.6. The zero-order chi connectivity index (χ0) is 22.6. The molecule has 2 aromatic heterocycles. The highest BCUT2D eigenvalue weighted by atomic mass is 16.2. The summed E-state index contributed by atoms with van der Waals surface area (Å²) in [7, 11) is 0. The smallest absolute Gasteiger partial charge is 0.253 e. The third-order valence-electron chi connectivity index (χ3n) is 6.38. The van der Waals surface area contributed by atoms with E-state index in [1.54, 1.807) is 17.0 Å². The van der Waals surface area contributed by atoms with Gasteiger partial charge in [-0.1, -0.05) is 30.3 Å². The minimum absolute atomic E-state index is 0.0178. The van der Waals surface area contributed by atoms with Gasteiger partial charge in [-0.2, -0.15) is 0 Å². The van der Waals surface area contributed by atoms with Crippen LogP contribution in [0.4, 0.5) is 5.82 Å². The number of carbonyl (C=O) groups is 1. The van der Waals surface area contributed by atoms with E-state index in [0.29, 0.717) is 25.6 Å². The van der Waals surface area contributed by atoms with Gasteiger partial charge in [-0.05, 0) is 37.8 Å². The van der Waals surface area contributed by atoms with Crippen molar-refractivity contribution in [1.29, 1.82) is 0 Å². The van der Waals surface area contributed by atoms with Crippen molar-refractivity contribution in [2.24, 2.45) is 5.92 Å². The summed E-state index contributed by atoms with van der Waals surface area (Å²) in [4.78, 5) is 31.5. The first-order valence-corrected chi connectivity index (χ1v) is 11.7. The molecule has 0 unspecified atom stereocenters. The Morgan fingerprint density at radius 3 is 2.64 bits per heavy atom. The van der Waals surface area contributed by atoms with Crippen LogP contribution in [0.3, 0.4) is 0 Å². The van der Waals surface area contributed by atoms with Crippen LogP contribution in [-0.4, -0.2) is 45.3 Å². The molecule has 3 heterocycles. The van der Waals surface area contributed by atoms with Crippen molar-refractivity contribution in [3.63, 3.8) is 0 Å². The van der Waals surface area contributed by atoms with E-state index in [-0.39, 0.29) is 17.4 Å². The van der Waals surface area contributed by atoms with Crippen LogP contribution in [-0.2, 0) is 11.3 Å². The van der Waals surface area contributed by atoms with E-state index < -0.39 is 0 Å². The fourth-order valence-corrected chi connectivity index (χ4v) is 4.31. The molecule has 1 atom stereocenters. The van der Waals surface area contributed by atoms with E-state index in [4.69, 9.17) is 0 Å². The molecule has 170 valence electrons. The fourth-order valence-electron chi connectivity index (χ4n) is 4.31. The first-order valence-electron chi connectivity index (χ1n) is 11.7. The highest BCUT2D eigenvalue weighted by molar-refractivity contribution is 5.79. The minimum Gasteiger partial charge on any atom is -0.354 e. The number of piperidine rings is 1. The molecule has 8 nitrogen and oxygen atoms in total. The van der Waals surface area contributed by atoms with Crippen LogP contribution in [0.1, 0.15) is 37.3 Å². The molecular formula is C25H28N6O2. The number of rotatable bonds is 7. The minimum atomic E-state index is -0.110. The Kier molecular flexibility index (Phi) is 6.15. The van der Waals surface area contributed by atoms with E-state index in [9.17, 15) is 9.59 Å². The second kappa shape index (κ2) is 9.52. The Morgan fingerprint density at radius 1 is 1.06 bits per heavy atom. The molecule has 1 aliphatic heterocycles. The van der Waals surface area contributed by atoms with Crippen molar-refractivity contribution < 1.29 is 4.79 Å². The molecule has 0 radical (unpaired) electrons. The number of anilines is 1. The second-order valence-corrected chi connectivity index (χ2v) is 8.84. The van der Waals surface area contributed by atoms with Gasteiger partial charge in [-0.3, -0.25) is 14.2 Å². The van der Waals surface area contributed by atoms with Crippen molar-refractivity contribution in [1.82, 2.24) is 25.1 Å². The van der Waals surface area contributed by atoms with Gasteiger partial charge in [-0.15, -0.1) is 10.2 Å². The van der Waals surface area contributed by atoms with Crippen LogP contribution >= 0.6 is 0 Å². The topological polar surface area (TPSA) is 93.0 Å². The molecule has 3 aromatic rings. The van der Waals surface area contributed by atoms with Crippen LogP contribution in [0.5, 0.6) is 0 Å². The number of carbonyl (C=O) groups excluding carboxylic acids is 1. The molecule has 1 aromatic carbocycles. The van der Waals surface area contributed by atoms with Crippen LogP contribution in [0.15, 0.2) is 59.7 Å². The number of nitrogens with zero attached hydrogens (tertiary/aromatic N) is 5. The lowest BCUT2D eigenvalue weighted by atomic mass is 9.97. The van der Waals surface area contributed by atoms with Crippen LogP contribution in [0.25, 0.3) is 11.3 Å². The lowest BCUT2D eigenvalue weighted by Gasteiger charge is -2.32. The number of amides is 1. The van der Waals surface area contributed by atoms with Gasteiger partial charge in [0.25, 0.3) is 5.56 Å². The standard InChI is InChI=1S/C25H28N6O2/c32-24-15-22(19-8-9-19)27-17-31(24)14-12-26-25(33)20-7-4-13-30(16-20)23-11-10-21(28-29-23)18-5-2-1-3-6-18/h1-3,5-6,10-11,15,17,19-20H,4,7-9,12-14,16H2,(H,26,33)/t20-/m0/s1. The van der Waals surface area contributed by atoms with E-state index in [1.807, 2.05) is 42.5 Å². The first-order chi connectivity index (χ1) is 16.2. The van der Waals surface area contributed by atoms with Crippen LogP contribution < -0.4 is 15.8 Å². The highest BCUT2D eigenvalue weighted by Gasteiger charge is 2.27. The molecule has 33 heavy (non-hydrogen) atoms. The highest BCUT2D eigenvalue weighted by Crippen LogP contribution is 2.38. The first kappa shape index (κ1) is 21.3. The molecule has 5 rings (SSSR count). The number of hydrogen-bond donors (Lipinski definition) is 1. The molecule has 8 heteroatoms. The van der Waals surface area contributed by atoms with Crippen molar-refractivity contribution in [3.8, 4) is 11.3 Å². The average molecular weight is 445 g/mol. The largest absolute Gasteiger partial charge is 0.354 e. The molecule has 2 fully saturated rings. The molecule has 1 aliphatic carbocycles. The molecule has 1 amide bonds. The van der Waals surface area contributed by atoms with E-state index in [1.165, 1.54) is 0 Å². The summed E-state index contributed by atoms with van der Waals surface area (Å²) >= 11 is 0. The van der Waals surface area contributed by atoms with Gasteiger partial charge in [0.2, 0.25) is 5.91 Å². The van der Waals surface area contributed by atoms with E-state index >= 15 is 0 Å². The number of nitrogens with one attached hydrogen (secondary N) is 1. The quantitative estimate of drug-likeness (QED) is 0.602. The maximum absolute atomic E-state index is 12.8. The Hall–Kier alpha value is -3.55. The Labute approximate surface area is 192 Å². The summed E-state index contributed by atoms with van der Waals surface area (Å²) in [5, 5.41) is 11.8. The van der Waals surface area contributed by atoms with Gasteiger partial charge in [0, 0.05) is 43.7 Å². The zero-order valence-electron chi connectivity index (χ0n) is 18.6. The lowest BCUT2D eigenvalue weighted by Crippen LogP contribution is -2.44. The van der Waals surface area contributed by atoms with Crippen molar-refractivity contribution in [2.45, 2.75) is 38.1 Å². The normalized spacial score (nSPS) is 18.2. The molecule has 0 spiro atoms. The Morgan fingerprint density at radius 2 is 1.91 bits per heavy atom. The van der Waals surface area contributed by atoms with Gasteiger partial charge in [0.05, 0.1) is 23.6 Å². The number of benzene rings is 1. The SMILES string of the molecule is O=C(NCCn1cnc(C2CC2)cc1=O)[C@H]1CCCN(c2ccc(-c3ccccc3)nn2)C1. The molecule has 1 saturated heterocycles. The maximum Gasteiger partial charge on any atom is 0.253 e. The number of aromatic nitrogens is 4. The monoisotopic (exact) mass is 444 g/mol. The average Bonchev–Trinajstić information content (AvgIpc) is 3.71. The van der Waals surface area contributed by atoms with E-state index in [2.05, 4.69) is 25.4 Å². The lowest BCUT2D eigenvalue weighted by molar-refractivity contribution is -0.125. The van der Waals surface area contributed by atoms with Crippen LogP contribution in [0.2, 0.25) is 0 Å². The summed E-state index contributed by atoms with van der Waals surface area (Å²) in [6.45, 7) is 2.30. The second-order valence-electron chi connectivity index (χ2n) is 8.84. The van der Waals surface area contributed by atoms with Gasteiger partial charge in [0.1, 0.15) is 0 Å². The van der Waals surface area contributed by atoms with Gasteiger partial charge in [0.15, 0.2) is 5.82 Å². The van der Waals surface area contributed by atoms with Gasteiger partial charge in [-0.25, -0.2) is 4.98 Å². The molecule has 2 aliphatic rings. The predicted octanol–water partition coefficient (Wildman–Crippen LogP) is 2.61. The summed E-state index contributed by atoms with van der Waals surface area (Å²) in [5.74, 6) is 1.16. The van der Waals surface area contributed by atoms with Crippen molar-refractivity contribution in [2.75, 3.05) is 24.5 Å². The maximum atomic E-state index is 12.8. The fraction of sp³-hybridized carbons (Fsp3) is 0.400. The third-order valence-corrected chi connectivity index (χ3v) is 6.38. The Balaban J connectivity index is 1.14. The van der Waals surface area contributed by atoms with E-state index in [0.717, 1.165) is 55.0 Å². The number of hydrogen-bond acceptors (Lipinski definition) is 6. The molecule has 0 bridgehead atoms. The summed E-state index contributed by atoms with van der Waals surface area (Å²) in [6.07, 6.45) is 5.60. The van der Waals surface area contributed by atoms with Gasteiger partial charge < -0.3 is 10.2 Å². The molecular weight excluding hydrogens is 416 g/mol. The van der Waals surface area contributed by atoms with Crippen LogP contribution in [0, 0.1) is 5.92 Å². The third kappa shape index (κ3) is 5.10. The predicted molar refractivity (Wildman–Crippen MR) is 126 cm³/mol. The molecule has 1 saturated carbocycles. The summed E-state index contributed by atoms with van der Waals surface area (Å²) < 4.78 is 1.56. The van der Waals surface area contributed by atoms with Gasteiger partial charge >= 0.3 is 0 Å². The van der Waals surface area contributed by atoms with Crippen molar-refractivity contribution >= 4 is 11.7 Å².